The van der Waals surface area contributed by atoms with Gasteiger partial charge in [-0.25, -0.2) is 10.9 Å². The normalized spacial score (nSPS) is 29.2. The van der Waals surface area contributed by atoms with E-state index in [0.717, 1.165) is 0 Å². The van der Waals surface area contributed by atoms with Crippen LogP contribution in [0.15, 0.2) is 0 Å². The lowest BCUT2D eigenvalue weighted by molar-refractivity contribution is -0.127. The summed E-state index contributed by atoms with van der Waals surface area (Å²) in [6, 6.07) is -1.83. The molecule has 0 aromatic heterocycles. The largest absolute Gasteiger partial charge is 0.344 e. The van der Waals surface area contributed by atoms with Crippen molar-refractivity contribution in [1.82, 2.24) is 16.2 Å². The summed E-state index contributed by atoms with van der Waals surface area (Å²) in [5, 5.41) is 2.66. The third kappa shape index (κ3) is 6.54. The van der Waals surface area contributed by atoms with Crippen LogP contribution in [0.25, 0.3) is 0 Å². The van der Waals surface area contributed by atoms with Gasteiger partial charge in [0.15, 0.2) is 11.6 Å². The van der Waals surface area contributed by atoms with Crippen LogP contribution in [-0.2, 0) is 14.4 Å². The van der Waals surface area contributed by atoms with E-state index in [2.05, 4.69) is 54.1 Å². The molecule has 3 N–H and O–H groups in total. The lowest BCUT2D eigenvalue weighted by atomic mass is 10.2. The topological polar surface area (TPSA) is 87.3 Å². The van der Waals surface area contributed by atoms with Crippen LogP contribution in [0.1, 0.15) is 0 Å². The smallest absolute Gasteiger partial charge is 0.239 e. The van der Waals surface area contributed by atoms with Crippen molar-refractivity contribution in [2.24, 2.45) is 0 Å². The first-order valence-corrected chi connectivity index (χ1v) is 10.9. The summed E-state index contributed by atoms with van der Waals surface area (Å²) < 4.78 is 0. The fourth-order valence-corrected chi connectivity index (χ4v) is 4.37. The lowest BCUT2D eigenvalue weighted by Gasteiger charge is -2.22. The Balaban J connectivity index is 2.84. The van der Waals surface area contributed by atoms with Crippen LogP contribution in [-0.4, -0.2) is 64.4 Å². The molecule has 1 amide bonds. The van der Waals surface area contributed by atoms with Crippen LogP contribution in [0, 0.1) is 0 Å². The Morgan fingerprint density at radius 3 is 1.77 bits per heavy atom. The van der Waals surface area contributed by atoms with Gasteiger partial charge in [0.2, 0.25) is 5.91 Å². The molecule has 1 fully saturated rings. The highest BCUT2D eigenvalue weighted by molar-refractivity contribution is 8.77. The molecule has 6 nitrogen and oxygen atoms in total. The van der Waals surface area contributed by atoms with E-state index in [9.17, 15) is 14.4 Å². The predicted molar refractivity (Wildman–Crippen MR) is 102 cm³/mol. The second-order valence-electron chi connectivity index (χ2n) is 4.46. The van der Waals surface area contributed by atoms with Gasteiger partial charge in [-0.05, 0) is 0 Å². The number of nitrogens with one attached hydrogen (secondary N) is 3. The molecule has 0 spiro atoms. The van der Waals surface area contributed by atoms with E-state index in [1.54, 1.807) is 0 Å². The minimum Gasteiger partial charge on any atom is -0.344 e. The maximum atomic E-state index is 12.2. The van der Waals surface area contributed by atoms with Gasteiger partial charge in [-0.3, -0.25) is 14.4 Å². The molecule has 0 bridgehead atoms. The molecule has 1 aliphatic heterocycles. The van der Waals surface area contributed by atoms with E-state index in [1.165, 1.54) is 21.6 Å². The number of Topliss-reactive ketones (excluding diaryl/α,β-unsaturated/α-hetero) is 2. The Morgan fingerprint density at radius 1 is 0.818 bits per heavy atom. The van der Waals surface area contributed by atoms with Crippen molar-refractivity contribution in [2.45, 2.75) is 18.1 Å². The molecule has 0 aromatic rings. The van der Waals surface area contributed by atoms with Crippen molar-refractivity contribution in [2.75, 3.05) is 28.8 Å². The average Bonchev–Trinajstić information content (AvgIpc) is 2.52. The molecule has 1 heterocycles. The SMILES string of the molecule is O=C1CSSCC(=O)[C@H](CS)NC(=O)[C@H](CS)NN[C@H]1CS. The molecule has 11 heteroatoms. The quantitative estimate of drug-likeness (QED) is 0.284. The molecular formula is C11H19N3O3S5. The monoisotopic (exact) mass is 401 g/mol. The van der Waals surface area contributed by atoms with Gasteiger partial charge in [-0.1, -0.05) is 21.6 Å². The van der Waals surface area contributed by atoms with Crippen LogP contribution < -0.4 is 16.2 Å². The fraction of sp³-hybridized carbons (Fsp3) is 0.727. The van der Waals surface area contributed by atoms with Crippen molar-refractivity contribution >= 4 is 76.9 Å². The molecule has 1 aliphatic rings. The molecule has 3 atom stereocenters. The van der Waals surface area contributed by atoms with Gasteiger partial charge in [-0.2, -0.15) is 37.9 Å². The maximum absolute atomic E-state index is 12.2. The summed E-state index contributed by atoms with van der Waals surface area (Å²) in [6.45, 7) is 0. The first-order chi connectivity index (χ1) is 10.5. The summed E-state index contributed by atoms with van der Waals surface area (Å²) in [5.41, 5.74) is 5.61. The van der Waals surface area contributed by atoms with Gasteiger partial charge in [0.05, 0.1) is 23.6 Å². The molecule has 0 aliphatic carbocycles. The number of carbonyl (C=O) groups excluding carboxylic acids is 3. The van der Waals surface area contributed by atoms with Crippen molar-refractivity contribution in [3.05, 3.63) is 0 Å². The molecule has 126 valence electrons. The number of carbonyl (C=O) groups is 3. The molecule has 0 saturated carbocycles. The molecule has 0 unspecified atom stereocenters. The number of rotatable bonds is 3. The Labute approximate surface area is 154 Å². The van der Waals surface area contributed by atoms with Gasteiger partial charge in [0, 0.05) is 17.3 Å². The lowest BCUT2D eigenvalue weighted by Crippen LogP contribution is -2.58. The fourth-order valence-electron chi connectivity index (χ4n) is 1.52. The second kappa shape index (κ2) is 11.1. The first-order valence-electron chi connectivity index (χ1n) is 6.47. The van der Waals surface area contributed by atoms with Gasteiger partial charge in [0.1, 0.15) is 6.04 Å². The van der Waals surface area contributed by atoms with Crippen LogP contribution in [0.4, 0.5) is 0 Å². The van der Waals surface area contributed by atoms with Gasteiger partial charge < -0.3 is 5.32 Å². The zero-order chi connectivity index (χ0) is 16.5. The summed E-state index contributed by atoms with van der Waals surface area (Å²) in [4.78, 5) is 36.2. The standard InChI is InChI=1S/C11H19N3O3S5/c15-9-4-21-22-5-10(16)7(2-19)13-14-8(3-20)11(17)12-6(9)1-18/h6-8,13-14,18-20H,1-5H2,(H,12,17)/t6-,7-,8-/m0/s1. The average molecular weight is 402 g/mol. The highest BCUT2D eigenvalue weighted by Gasteiger charge is 2.26. The Hall–Kier alpha value is 0.480. The van der Waals surface area contributed by atoms with Crippen molar-refractivity contribution < 1.29 is 14.4 Å². The van der Waals surface area contributed by atoms with Gasteiger partial charge >= 0.3 is 0 Å². The highest BCUT2D eigenvalue weighted by atomic mass is 33.1. The Kier molecular flexibility index (Phi) is 10.4. The van der Waals surface area contributed by atoms with Crippen molar-refractivity contribution in [3.63, 3.8) is 0 Å². The number of hydrazine groups is 1. The first kappa shape index (κ1) is 20.5. The van der Waals surface area contributed by atoms with E-state index < -0.39 is 18.1 Å². The Morgan fingerprint density at radius 2 is 1.27 bits per heavy atom. The second-order valence-corrected chi connectivity index (χ2v) is 8.02. The van der Waals surface area contributed by atoms with Crippen molar-refractivity contribution in [1.29, 1.82) is 0 Å². The van der Waals surface area contributed by atoms with Gasteiger partial charge in [0.25, 0.3) is 0 Å². The van der Waals surface area contributed by atoms with E-state index in [0.29, 0.717) is 5.75 Å². The Bertz CT molecular complexity index is 412. The molecule has 0 radical (unpaired) electrons. The summed E-state index contributed by atoms with van der Waals surface area (Å²) in [6.07, 6.45) is 0. The van der Waals surface area contributed by atoms with E-state index in [1.807, 2.05) is 0 Å². The number of ketones is 2. The van der Waals surface area contributed by atoms with Crippen LogP contribution in [0.3, 0.4) is 0 Å². The molecule has 22 heavy (non-hydrogen) atoms. The zero-order valence-corrected chi connectivity index (χ0v) is 16.0. The summed E-state index contributed by atoms with van der Waals surface area (Å²) >= 11 is 12.4. The van der Waals surface area contributed by atoms with Gasteiger partial charge in [-0.15, -0.1) is 0 Å². The molecule has 1 saturated heterocycles. The summed E-state index contributed by atoms with van der Waals surface area (Å²) in [7, 11) is 2.62. The number of hydrogen-bond donors (Lipinski definition) is 6. The number of amides is 1. The minimum atomic E-state index is -0.672. The third-order valence-electron chi connectivity index (χ3n) is 2.88. The molecule has 1 rings (SSSR count). The zero-order valence-electron chi connectivity index (χ0n) is 11.7. The van der Waals surface area contributed by atoms with E-state index in [4.69, 9.17) is 0 Å². The third-order valence-corrected chi connectivity index (χ3v) is 6.15. The minimum absolute atomic E-state index is 0.0456. The number of hydrogen-bond acceptors (Lipinski definition) is 10. The van der Waals surface area contributed by atoms with E-state index >= 15 is 0 Å². The predicted octanol–water partition coefficient (Wildman–Crippen LogP) is -0.375. The maximum Gasteiger partial charge on any atom is 0.239 e. The molecular weight excluding hydrogens is 382 g/mol. The number of thiol groups is 3. The van der Waals surface area contributed by atoms with Crippen molar-refractivity contribution in [3.8, 4) is 0 Å². The molecule has 0 aromatic carbocycles. The van der Waals surface area contributed by atoms with E-state index in [-0.39, 0.29) is 40.5 Å². The van der Waals surface area contributed by atoms with Crippen LogP contribution >= 0.6 is 59.5 Å². The van der Waals surface area contributed by atoms with Crippen LogP contribution in [0.2, 0.25) is 0 Å². The highest BCUT2D eigenvalue weighted by Crippen LogP contribution is 2.22. The van der Waals surface area contributed by atoms with Crippen LogP contribution in [0.5, 0.6) is 0 Å². The summed E-state index contributed by atoms with van der Waals surface area (Å²) in [5.74, 6) is 0.676.